The van der Waals surface area contributed by atoms with Crippen LogP contribution < -0.4 is 10.7 Å². The molecule has 2 N–H and O–H groups in total. The molecule has 0 saturated carbocycles. The van der Waals surface area contributed by atoms with Crippen LogP contribution in [-0.2, 0) is 16.1 Å². The highest BCUT2D eigenvalue weighted by molar-refractivity contribution is 6.35. The van der Waals surface area contributed by atoms with E-state index in [1.165, 1.54) is 6.21 Å². The fourth-order valence-electron chi connectivity index (χ4n) is 1.66. The summed E-state index contributed by atoms with van der Waals surface area (Å²) in [6.07, 6.45) is 1.41. The van der Waals surface area contributed by atoms with E-state index in [4.69, 9.17) is 11.6 Å². The minimum absolute atomic E-state index is 0.283. The van der Waals surface area contributed by atoms with E-state index in [0.29, 0.717) is 5.02 Å². The van der Waals surface area contributed by atoms with Gasteiger partial charge in [-0.15, -0.1) is 0 Å². The van der Waals surface area contributed by atoms with Gasteiger partial charge in [0, 0.05) is 11.6 Å². The van der Waals surface area contributed by atoms with Crippen LogP contribution in [-0.4, -0.2) is 18.0 Å². The minimum atomic E-state index is -0.825. The number of halogens is 1. The lowest BCUT2D eigenvalue weighted by Crippen LogP contribution is -2.37. The lowest BCUT2D eigenvalue weighted by atomic mass is 10.2. The number of carbonyl (C=O) groups is 2. The third-order valence-electron chi connectivity index (χ3n) is 2.73. The number of carbonyl (C=O) groups excluding carboxylic acids is 2. The smallest absolute Gasteiger partial charge is 0.329 e. The number of nitrogens with one attached hydrogen (secondary N) is 2. The summed E-state index contributed by atoms with van der Waals surface area (Å²) in [4.78, 5) is 23.2. The molecule has 5 nitrogen and oxygen atoms in total. The van der Waals surface area contributed by atoms with Crippen molar-refractivity contribution in [3.63, 3.8) is 0 Å². The van der Waals surface area contributed by atoms with Crippen molar-refractivity contribution < 1.29 is 9.59 Å². The van der Waals surface area contributed by atoms with Gasteiger partial charge in [-0.1, -0.05) is 54.1 Å². The monoisotopic (exact) mass is 315 g/mol. The van der Waals surface area contributed by atoms with Crippen LogP contribution in [0.25, 0.3) is 0 Å². The average Bonchev–Trinajstić information content (AvgIpc) is 2.53. The SMILES string of the molecule is O=C(NCc1ccccc1)C(=O)N/N=C/c1cccc(Cl)c1. The van der Waals surface area contributed by atoms with Crippen LogP contribution in [0.4, 0.5) is 0 Å². The van der Waals surface area contributed by atoms with E-state index in [1.54, 1.807) is 24.3 Å². The van der Waals surface area contributed by atoms with E-state index in [0.717, 1.165) is 11.1 Å². The molecule has 112 valence electrons. The van der Waals surface area contributed by atoms with Crippen LogP contribution in [0.2, 0.25) is 5.02 Å². The van der Waals surface area contributed by atoms with Gasteiger partial charge in [-0.2, -0.15) is 5.10 Å². The molecule has 0 heterocycles. The number of nitrogens with zero attached hydrogens (tertiary/aromatic N) is 1. The van der Waals surface area contributed by atoms with Crippen LogP contribution in [0.3, 0.4) is 0 Å². The third-order valence-corrected chi connectivity index (χ3v) is 2.97. The van der Waals surface area contributed by atoms with Crippen molar-refractivity contribution in [3.8, 4) is 0 Å². The summed E-state index contributed by atoms with van der Waals surface area (Å²) in [6, 6.07) is 16.3. The lowest BCUT2D eigenvalue weighted by molar-refractivity contribution is -0.139. The Balaban J connectivity index is 1.80. The van der Waals surface area contributed by atoms with Gasteiger partial charge in [0.2, 0.25) is 0 Å². The number of hydrazone groups is 1. The van der Waals surface area contributed by atoms with Gasteiger partial charge in [-0.25, -0.2) is 5.43 Å². The molecule has 0 atom stereocenters. The van der Waals surface area contributed by atoms with Crippen LogP contribution >= 0.6 is 11.6 Å². The highest BCUT2D eigenvalue weighted by Gasteiger charge is 2.11. The molecular weight excluding hydrogens is 302 g/mol. The number of rotatable bonds is 4. The molecule has 0 aromatic heterocycles. The van der Waals surface area contributed by atoms with Gasteiger partial charge in [-0.3, -0.25) is 9.59 Å². The molecule has 6 heteroatoms. The third kappa shape index (κ3) is 5.03. The highest BCUT2D eigenvalue weighted by Crippen LogP contribution is 2.08. The highest BCUT2D eigenvalue weighted by atomic mass is 35.5. The summed E-state index contributed by atoms with van der Waals surface area (Å²) >= 11 is 5.82. The molecular formula is C16H14ClN3O2. The standard InChI is InChI=1S/C16H14ClN3O2/c17-14-8-4-7-13(9-14)11-19-20-16(22)15(21)18-10-12-5-2-1-3-6-12/h1-9,11H,10H2,(H,18,21)(H,20,22)/b19-11+. The Labute approximate surface area is 133 Å². The first-order chi connectivity index (χ1) is 10.6. The second-order valence-electron chi connectivity index (χ2n) is 4.42. The molecule has 0 radical (unpaired) electrons. The molecule has 0 aliphatic rings. The number of hydrogen-bond acceptors (Lipinski definition) is 3. The summed E-state index contributed by atoms with van der Waals surface area (Å²) in [5.41, 5.74) is 3.79. The number of amides is 2. The zero-order chi connectivity index (χ0) is 15.8. The van der Waals surface area contributed by atoms with E-state index in [1.807, 2.05) is 30.3 Å². The maximum atomic E-state index is 11.6. The fraction of sp³-hybridized carbons (Fsp3) is 0.0625. The Bertz CT molecular complexity index is 687. The van der Waals surface area contributed by atoms with Crippen LogP contribution in [0, 0.1) is 0 Å². The molecule has 0 aliphatic carbocycles. The fourth-order valence-corrected chi connectivity index (χ4v) is 1.86. The summed E-state index contributed by atoms with van der Waals surface area (Å²) < 4.78 is 0. The Hall–Kier alpha value is -2.66. The molecule has 0 saturated heterocycles. The van der Waals surface area contributed by atoms with Crippen molar-refractivity contribution in [2.24, 2.45) is 5.10 Å². The van der Waals surface area contributed by atoms with Gasteiger partial charge in [-0.05, 0) is 23.3 Å². The van der Waals surface area contributed by atoms with Gasteiger partial charge in [0.1, 0.15) is 0 Å². The van der Waals surface area contributed by atoms with Gasteiger partial charge in [0.05, 0.1) is 6.21 Å². The minimum Gasteiger partial charge on any atom is -0.344 e. The van der Waals surface area contributed by atoms with Gasteiger partial charge in [0.25, 0.3) is 0 Å². The first kappa shape index (κ1) is 15.7. The second-order valence-corrected chi connectivity index (χ2v) is 4.86. The van der Waals surface area contributed by atoms with Crippen LogP contribution in [0.1, 0.15) is 11.1 Å². The van der Waals surface area contributed by atoms with E-state index in [9.17, 15) is 9.59 Å². The van der Waals surface area contributed by atoms with Crippen molar-refractivity contribution >= 4 is 29.6 Å². The Morgan fingerprint density at radius 1 is 1.05 bits per heavy atom. The molecule has 2 aromatic rings. The first-order valence-electron chi connectivity index (χ1n) is 6.56. The zero-order valence-corrected chi connectivity index (χ0v) is 12.4. The first-order valence-corrected chi connectivity index (χ1v) is 6.93. The lowest BCUT2D eigenvalue weighted by Gasteiger charge is -2.03. The molecule has 0 unspecified atom stereocenters. The Morgan fingerprint density at radius 3 is 2.55 bits per heavy atom. The van der Waals surface area contributed by atoms with Crippen LogP contribution in [0.5, 0.6) is 0 Å². The molecule has 22 heavy (non-hydrogen) atoms. The molecule has 2 rings (SSSR count). The van der Waals surface area contributed by atoms with E-state index >= 15 is 0 Å². The van der Waals surface area contributed by atoms with Crippen molar-refractivity contribution in [1.29, 1.82) is 0 Å². The van der Waals surface area contributed by atoms with Gasteiger partial charge < -0.3 is 5.32 Å². The summed E-state index contributed by atoms with van der Waals surface area (Å²) in [6.45, 7) is 0.283. The molecule has 0 bridgehead atoms. The Kier molecular flexibility index (Phi) is 5.68. The topological polar surface area (TPSA) is 70.6 Å². The predicted molar refractivity (Wildman–Crippen MR) is 85.5 cm³/mol. The second kappa shape index (κ2) is 7.95. The molecule has 2 amide bonds. The van der Waals surface area contributed by atoms with E-state index in [-0.39, 0.29) is 6.54 Å². The predicted octanol–water partition coefficient (Wildman–Crippen LogP) is 2.11. The number of hydrogen-bond donors (Lipinski definition) is 2. The molecule has 0 fully saturated rings. The Morgan fingerprint density at radius 2 is 1.82 bits per heavy atom. The van der Waals surface area contributed by atoms with Crippen molar-refractivity contribution in [3.05, 3.63) is 70.7 Å². The average molecular weight is 316 g/mol. The number of benzene rings is 2. The maximum absolute atomic E-state index is 11.6. The van der Waals surface area contributed by atoms with E-state index < -0.39 is 11.8 Å². The summed E-state index contributed by atoms with van der Waals surface area (Å²) in [5.74, 6) is -1.57. The van der Waals surface area contributed by atoms with Crippen LogP contribution in [0.15, 0.2) is 59.7 Å². The van der Waals surface area contributed by atoms with Crippen molar-refractivity contribution in [2.75, 3.05) is 0 Å². The molecule has 0 aliphatic heterocycles. The molecule has 0 spiro atoms. The van der Waals surface area contributed by atoms with Crippen molar-refractivity contribution in [2.45, 2.75) is 6.54 Å². The quantitative estimate of drug-likeness (QED) is 0.515. The van der Waals surface area contributed by atoms with Gasteiger partial charge in [0.15, 0.2) is 0 Å². The zero-order valence-electron chi connectivity index (χ0n) is 11.6. The normalized spacial score (nSPS) is 10.4. The van der Waals surface area contributed by atoms with E-state index in [2.05, 4.69) is 15.8 Å². The maximum Gasteiger partial charge on any atom is 0.329 e. The van der Waals surface area contributed by atoms with Gasteiger partial charge >= 0.3 is 11.8 Å². The summed E-state index contributed by atoms with van der Waals surface area (Å²) in [7, 11) is 0. The largest absolute Gasteiger partial charge is 0.344 e. The molecule has 2 aromatic carbocycles. The summed E-state index contributed by atoms with van der Waals surface area (Å²) in [5, 5.41) is 6.79. The van der Waals surface area contributed by atoms with Crippen molar-refractivity contribution in [1.82, 2.24) is 10.7 Å².